The number of benzene rings is 2. The normalized spacial score (nSPS) is 18.4. The standard InChI is InChI=1S/C31H40O4S2/c1-3-5-7-8-9-10-12-27-29(32)28(37-31(27)36)22-23-13-17-26(18-14-23)35-30(33)24-15-19-25(20-16-24)34-21-11-6-4-2/h13-20,22,27,31,36H,3-12,21H2,1-2H3/b28-22+. The lowest BCUT2D eigenvalue weighted by Gasteiger charge is -2.11. The van der Waals surface area contributed by atoms with Crippen molar-refractivity contribution in [3.05, 3.63) is 64.6 Å². The fraction of sp³-hybridized carbons (Fsp3) is 0.484. The van der Waals surface area contributed by atoms with Crippen LogP contribution in [0.4, 0.5) is 0 Å². The van der Waals surface area contributed by atoms with E-state index in [0.717, 1.165) is 48.3 Å². The first kappa shape index (κ1) is 29.4. The topological polar surface area (TPSA) is 52.6 Å². The molecule has 1 heterocycles. The molecule has 0 aliphatic carbocycles. The molecule has 2 atom stereocenters. The number of thioether (sulfide) groups is 1. The number of hydrogen-bond acceptors (Lipinski definition) is 6. The van der Waals surface area contributed by atoms with Gasteiger partial charge >= 0.3 is 5.97 Å². The van der Waals surface area contributed by atoms with Gasteiger partial charge in [0.05, 0.1) is 21.7 Å². The highest BCUT2D eigenvalue weighted by molar-refractivity contribution is 8.14. The van der Waals surface area contributed by atoms with Crippen molar-refractivity contribution in [2.45, 2.75) is 82.6 Å². The first-order valence-electron chi connectivity index (χ1n) is 13.7. The van der Waals surface area contributed by atoms with Crippen molar-refractivity contribution >= 4 is 42.2 Å². The van der Waals surface area contributed by atoms with E-state index in [2.05, 4.69) is 26.5 Å². The summed E-state index contributed by atoms with van der Waals surface area (Å²) in [5, 5.41) is 0. The maximum atomic E-state index is 13.0. The predicted octanol–water partition coefficient (Wildman–Crippen LogP) is 8.75. The molecule has 1 fully saturated rings. The molecule has 0 bridgehead atoms. The van der Waals surface area contributed by atoms with Crippen LogP contribution in [0.2, 0.25) is 0 Å². The number of carbonyl (C=O) groups excluding carboxylic acids is 2. The average molecular weight is 541 g/mol. The third-order valence-corrected chi connectivity index (χ3v) is 8.35. The van der Waals surface area contributed by atoms with Gasteiger partial charge in [-0.25, -0.2) is 4.79 Å². The largest absolute Gasteiger partial charge is 0.494 e. The van der Waals surface area contributed by atoms with Crippen LogP contribution in [0, 0.1) is 5.92 Å². The summed E-state index contributed by atoms with van der Waals surface area (Å²) in [5.41, 5.74) is 1.37. The molecule has 6 heteroatoms. The van der Waals surface area contributed by atoms with E-state index in [9.17, 15) is 9.59 Å². The van der Waals surface area contributed by atoms with Gasteiger partial charge in [0.2, 0.25) is 0 Å². The SMILES string of the molecule is CCCCCCCCC1C(=O)/C(=C\c2ccc(OC(=O)c3ccc(OCCCCC)cc3)cc2)SC1S. The third kappa shape index (κ3) is 9.57. The lowest BCUT2D eigenvalue weighted by atomic mass is 9.97. The van der Waals surface area contributed by atoms with Crippen molar-refractivity contribution in [2.75, 3.05) is 6.61 Å². The summed E-state index contributed by atoms with van der Waals surface area (Å²) < 4.78 is 11.2. The maximum absolute atomic E-state index is 13.0. The van der Waals surface area contributed by atoms with Gasteiger partial charge in [-0.2, -0.15) is 12.6 Å². The molecule has 0 aromatic heterocycles. The summed E-state index contributed by atoms with van der Waals surface area (Å²) in [5.74, 6) is 0.985. The van der Waals surface area contributed by atoms with Crippen LogP contribution in [0.5, 0.6) is 11.5 Å². The van der Waals surface area contributed by atoms with Crippen LogP contribution in [0.15, 0.2) is 53.4 Å². The van der Waals surface area contributed by atoms with Gasteiger partial charge in [0.15, 0.2) is 5.78 Å². The van der Waals surface area contributed by atoms with E-state index in [1.807, 2.05) is 18.2 Å². The van der Waals surface area contributed by atoms with Crippen molar-refractivity contribution in [3.8, 4) is 11.5 Å². The van der Waals surface area contributed by atoms with E-state index in [1.54, 1.807) is 48.2 Å². The summed E-state index contributed by atoms with van der Waals surface area (Å²) in [7, 11) is 0. The highest BCUT2D eigenvalue weighted by Gasteiger charge is 2.36. The minimum atomic E-state index is -0.416. The number of Topliss-reactive ketones (excluding diaryl/α,β-unsaturated/α-hetero) is 1. The summed E-state index contributed by atoms with van der Waals surface area (Å²) in [4.78, 5) is 26.2. The molecule has 2 aromatic carbocycles. The number of hydrogen-bond donors (Lipinski definition) is 1. The number of unbranched alkanes of at least 4 members (excludes halogenated alkanes) is 7. The molecular formula is C31H40O4S2. The van der Waals surface area contributed by atoms with Gasteiger partial charge in [-0.05, 0) is 60.9 Å². The summed E-state index contributed by atoms with van der Waals surface area (Å²) in [6.45, 7) is 5.06. The molecule has 0 spiro atoms. The number of rotatable bonds is 15. The predicted molar refractivity (Wildman–Crippen MR) is 158 cm³/mol. The van der Waals surface area contributed by atoms with Crippen LogP contribution in [-0.4, -0.2) is 22.9 Å². The molecule has 0 N–H and O–H groups in total. The fourth-order valence-corrected chi connectivity index (χ4v) is 6.07. The van der Waals surface area contributed by atoms with Gasteiger partial charge in [-0.1, -0.05) is 77.3 Å². The van der Waals surface area contributed by atoms with Crippen molar-refractivity contribution in [2.24, 2.45) is 5.92 Å². The quantitative estimate of drug-likeness (QED) is 0.0804. The van der Waals surface area contributed by atoms with E-state index in [4.69, 9.17) is 9.47 Å². The number of ketones is 1. The van der Waals surface area contributed by atoms with E-state index in [0.29, 0.717) is 17.9 Å². The van der Waals surface area contributed by atoms with Crippen LogP contribution in [0.25, 0.3) is 6.08 Å². The van der Waals surface area contributed by atoms with Crippen LogP contribution in [0.1, 0.15) is 94.0 Å². The zero-order chi connectivity index (χ0) is 26.5. The lowest BCUT2D eigenvalue weighted by Crippen LogP contribution is -2.14. The number of ether oxygens (including phenoxy) is 2. The Labute approximate surface area is 232 Å². The van der Waals surface area contributed by atoms with E-state index < -0.39 is 5.97 Å². The zero-order valence-corrected chi connectivity index (χ0v) is 23.8. The molecule has 200 valence electrons. The molecular weight excluding hydrogens is 500 g/mol. The lowest BCUT2D eigenvalue weighted by molar-refractivity contribution is -0.117. The fourth-order valence-electron chi connectivity index (χ4n) is 4.28. The number of esters is 1. The molecule has 0 radical (unpaired) electrons. The van der Waals surface area contributed by atoms with E-state index >= 15 is 0 Å². The van der Waals surface area contributed by atoms with Gasteiger partial charge < -0.3 is 9.47 Å². The summed E-state index contributed by atoms with van der Waals surface area (Å²) in [6.07, 6.45) is 13.5. The molecule has 37 heavy (non-hydrogen) atoms. The van der Waals surface area contributed by atoms with Crippen molar-refractivity contribution < 1.29 is 19.1 Å². The zero-order valence-electron chi connectivity index (χ0n) is 22.1. The first-order chi connectivity index (χ1) is 18.0. The third-order valence-electron chi connectivity index (χ3n) is 6.54. The van der Waals surface area contributed by atoms with Crippen molar-refractivity contribution in [1.29, 1.82) is 0 Å². The minimum absolute atomic E-state index is 0.0147. The smallest absolute Gasteiger partial charge is 0.343 e. The number of carbonyl (C=O) groups is 2. The minimum Gasteiger partial charge on any atom is -0.494 e. The second kappa shape index (κ2) is 15.9. The molecule has 4 nitrogen and oxygen atoms in total. The average Bonchev–Trinajstić information content (AvgIpc) is 3.17. The van der Waals surface area contributed by atoms with Gasteiger partial charge in [0.1, 0.15) is 11.5 Å². The van der Waals surface area contributed by atoms with Crippen LogP contribution in [-0.2, 0) is 4.79 Å². The Balaban J connectivity index is 1.49. The molecule has 2 unspecified atom stereocenters. The maximum Gasteiger partial charge on any atom is 0.343 e. The van der Waals surface area contributed by atoms with Crippen LogP contribution in [0.3, 0.4) is 0 Å². The summed E-state index contributed by atoms with van der Waals surface area (Å²) in [6, 6.07) is 14.3. The Bertz CT molecular complexity index is 1010. The number of allylic oxidation sites excluding steroid dienone is 1. The van der Waals surface area contributed by atoms with Gasteiger partial charge in [-0.3, -0.25) is 4.79 Å². The molecule has 2 aromatic rings. The van der Waals surface area contributed by atoms with E-state index in [-0.39, 0.29) is 16.3 Å². The Morgan fingerprint density at radius 2 is 1.49 bits per heavy atom. The van der Waals surface area contributed by atoms with E-state index in [1.165, 1.54) is 32.1 Å². The van der Waals surface area contributed by atoms with Crippen LogP contribution < -0.4 is 9.47 Å². The first-order valence-corrected chi connectivity index (χ1v) is 15.1. The van der Waals surface area contributed by atoms with Crippen molar-refractivity contribution in [3.63, 3.8) is 0 Å². The Hall–Kier alpha value is -2.18. The second-order valence-corrected chi connectivity index (χ2v) is 11.7. The Morgan fingerprint density at radius 1 is 0.865 bits per heavy atom. The number of thiol groups is 1. The highest BCUT2D eigenvalue weighted by Crippen LogP contribution is 2.44. The molecule has 1 saturated heterocycles. The molecule has 1 aliphatic rings. The Kier molecular flexibility index (Phi) is 12.6. The molecule has 0 saturated carbocycles. The second-order valence-electron chi connectivity index (χ2n) is 9.58. The van der Waals surface area contributed by atoms with Crippen LogP contribution >= 0.6 is 24.4 Å². The molecule has 1 aliphatic heterocycles. The highest BCUT2D eigenvalue weighted by atomic mass is 32.2. The monoisotopic (exact) mass is 540 g/mol. The molecule has 3 rings (SSSR count). The van der Waals surface area contributed by atoms with Gasteiger partial charge in [-0.15, -0.1) is 11.8 Å². The summed E-state index contributed by atoms with van der Waals surface area (Å²) >= 11 is 6.24. The Morgan fingerprint density at radius 3 is 2.19 bits per heavy atom. The van der Waals surface area contributed by atoms with Gasteiger partial charge in [0, 0.05) is 5.92 Å². The van der Waals surface area contributed by atoms with Gasteiger partial charge in [0.25, 0.3) is 0 Å². The van der Waals surface area contributed by atoms with Crippen molar-refractivity contribution in [1.82, 2.24) is 0 Å². The molecule has 0 amide bonds.